The number of anilines is 2. The molecule has 0 unspecified atom stereocenters. The van der Waals surface area contributed by atoms with E-state index in [0.29, 0.717) is 37.9 Å². The van der Waals surface area contributed by atoms with Crippen molar-refractivity contribution in [3.05, 3.63) is 60.0 Å². The molecule has 3 aromatic rings. The Morgan fingerprint density at radius 1 is 1.15 bits per heavy atom. The van der Waals surface area contributed by atoms with Crippen molar-refractivity contribution >= 4 is 21.7 Å². The summed E-state index contributed by atoms with van der Waals surface area (Å²) < 4.78 is 33.3. The summed E-state index contributed by atoms with van der Waals surface area (Å²) in [7, 11) is -3.60. The predicted octanol–water partition coefficient (Wildman–Crippen LogP) is 2.48. The number of nitrogens with zero attached hydrogens (tertiary/aromatic N) is 4. The minimum absolute atomic E-state index is 0.194. The lowest BCUT2D eigenvalue weighted by Gasteiger charge is -2.38. The van der Waals surface area contributed by atoms with Gasteiger partial charge in [0, 0.05) is 42.9 Å². The molecule has 2 aliphatic heterocycles. The van der Waals surface area contributed by atoms with Crippen LogP contribution in [-0.2, 0) is 25.8 Å². The number of ether oxygens (including phenoxy) is 1. The normalized spacial score (nSPS) is 17.0. The molecule has 0 atom stereocenters. The van der Waals surface area contributed by atoms with E-state index in [4.69, 9.17) is 4.74 Å². The van der Waals surface area contributed by atoms with E-state index in [1.807, 2.05) is 17.0 Å². The van der Waals surface area contributed by atoms with Crippen molar-refractivity contribution < 1.29 is 18.3 Å². The number of sulfonamides is 1. The van der Waals surface area contributed by atoms with Gasteiger partial charge in [0.25, 0.3) is 0 Å². The standard InChI is InChI=1S/C24H27N5O4S/c1-4-28-34(31,32)18-5-6-19-21(10-18)29(13-24(19)14-33-15-24)22-26-11-16(12-27-22)20-9-17(7-8-25-20)23(2,3)30/h5-12,28,30H,4,13-15H2,1-3H3. The van der Waals surface area contributed by atoms with Gasteiger partial charge in [-0.1, -0.05) is 13.0 Å². The Kier molecular flexibility index (Phi) is 5.44. The lowest BCUT2D eigenvalue weighted by molar-refractivity contribution is -0.0507. The Hall–Kier alpha value is -2.92. The molecule has 0 bridgehead atoms. The highest BCUT2D eigenvalue weighted by Gasteiger charge is 2.49. The van der Waals surface area contributed by atoms with Crippen LogP contribution < -0.4 is 9.62 Å². The average Bonchev–Trinajstić information content (AvgIpc) is 3.14. The van der Waals surface area contributed by atoms with E-state index in [2.05, 4.69) is 19.7 Å². The maximum Gasteiger partial charge on any atom is 0.240 e. The molecule has 1 spiro atoms. The number of nitrogens with one attached hydrogen (secondary N) is 1. The quantitative estimate of drug-likeness (QED) is 0.551. The second-order valence-corrected chi connectivity index (χ2v) is 11.1. The smallest absolute Gasteiger partial charge is 0.240 e. The largest absolute Gasteiger partial charge is 0.386 e. The van der Waals surface area contributed by atoms with Crippen molar-refractivity contribution in [3.8, 4) is 11.3 Å². The summed E-state index contributed by atoms with van der Waals surface area (Å²) in [5.74, 6) is 0.477. The molecule has 9 nitrogen and oxygen atoms in total. The molecule has 1 fully saturated rings. The topological polar surface area (TPSA) is 118 Å². The molecule has 10 heteroatoms. The first-order chi connectivity index (χ1) is 16.1. The van der Waals surface area contributed by atoms with E-state index >= 15 is 0 Å². The zero-order valence-electron chi connectivity index (χ0n) is 19.3. The number of fused-ring (bicyclic) bond motifs is 2. The third kappa shape index (κ3) is 3.86. The molecule has 34 heavy (non-hydrogen) atoms. The van der Waals surface area contributed by atoms with Crippen LogP contribution in [0.3, 0.4) is 0 Å². The maximum absolute atomic E-state index is 12.6. The highest BCUT2D eigenvalue weighted by atomic mass is 32.2. The van der Waals surface area contributed by atoms with Crippen molar-refractivity contribution in [1.82, 2.24) is 19.7 Å². The lowest BCUT2D eigenvalue weighted by atomic mass is 9.81. The van der Waals surface area contributed by atoms with E-state index in [0.717, 1.165) is 22.4 Å². The molecule has 4 heterocycles. The number of benzene rings is 1. The van der Waals surface area contributed by atoms with Crippen molar-refractivity contribution in [2.24, 2.45) is 0 Å². The Morgan fingerprint density at radius 3 is 2.50 bits per heavy atom. The number of aliphatic hydroxyl groups is 1. The molecule has 2 aromatic heterocycles. The molecule has 1 saturated heterocycles. The molecule has 2 N–H and O–H groups in total. The minimum atomic E-state index is -3.60. The van der Waals surface area contributed by atoms with E-state index in [1.165, 1.54) is 0 Å². The highest BCUT2D eigenvalue weighted by molar-refractivity contribution is 7.89. The van der Waals surface area contributed by atoms with Crippen molar-refractivity contribution in [2.45, 2.75) is 36.7 Å². The summed E-state index contributed by atoms with van der Waals surface area (Å²) in [6.07, 6.45) is 5.04. The zero-order chi connectivity index (χ0) is 24.1. The second-order valence-electron chi connectivity index (χ2n) is 9.30. The van der Waals surface area contributed by atoms with Gasteiger partial charge in [-0.25, -0.2) is 23.1 Å². The fourth-order valence-corrected chi connectivity index (χ4v) is 5.49. The molecular weight excluding hydrogens is 454 g/mol. The molecular formula is C24H27N5O4S. The van der Waals surface area contributed by atoms with Gasteiger partial charge in [0.15, 0.2) is 0 Å². The highest BCUT2D eigenvalue weighted by Crippen LogP contribution is 2.48. The summed E-state index contributed by atoms with van der Waals surface area (Å²) in [5, 5.41) is 10.3. The van der Waals surface area contributed by atoms with Gasteiger partial charge in [-0.2, -0.15) is 0 Å². The van der Waals surface area contributed by atoms with E-state index in [1.54, 1.807) is 57.6 Å². The number of hydrogen-bond acceptors (Lipinski definition) is 8. The molecule has 1 aromatic carbocycles. The third-order valence-corrected chi connectivity index (χ3v) is 7.88. The van der Waals surface area contributed by atoms with Crippen molar-refractivity contribution in [3.63, 3.8) is 0 Å². The van der Waals surface area contributed by atoms with E-state index in [-0.39, 0.29) is 10.3 Å². The van der Waals surface area contributed by atoms with Crippen LogP contribution in [0.5, 0.6) is 0 Å². The number of rotatable bonds is 6. The van der Waals surface area contributed by atoms with Gasteiger partial charge >= 0.3 is 0 Å². The molecule has 0 amide bonds. The molecule has 0 radical (unpaired) electrons. The lowest BCUT2D eigenvalue weighted by Crippen LogP contribution is -2.49. The van der Waals surface area contributed by atoms with E-state index in [9.17, 15) is 13.5 Å². The Balaban J connectivity index is 1.51. The SMILES string of the molecule is CCNS(=O)(=O)c1ccc2c(c1)N(c1ncc(-c3cc(C(C)(C)O)ccn3)cn1)CC21COC1. The Bertz CT molecular complexity index is 1330. The zero-order valence-corrected chi connectivity index (χ0v) is 20.1. The van der Waals surface area contributed by atoms with Crippen LogP contribution in [0.25, 0.3) is 11.3 Å². The first-order valence-corrected chi connectivity index (χ1v) is 12.6. The maximum atomic E-state index is 12.6. The minimum Gasteiger partial charge on any atom is -0.386 e. The summed E-state index contributed by atoms with van der Waals surface area (Å²) in [6.45, 7) is 7.26. The monoisotopic (exact) mass is 481 g/mol. The number of hydrogen-bond donors (Lipinski definition) is 2. The fraction of sp³-hybridized carbons (Fsp3) is 0.375. The number of aromatic nitrogens is 3. The summed E-state index contributed by atoms with van der Waals surface area (Å²) >= 11 is 0. The molecule has 178 valence electrons. The van der Waals surface area contributed by atoms with E-state index < -0.39 is 15.6 Å². The van der Waals surface area contributed by atoms with Gasteiger partial charge in [0.1, 0.15) is 0 Å². The van der Waals surface area contributed by atoms with Crippen LogP contribution in [0.15, 0.2) is 53.8 Å². The first kappa shape index (κ1) is 22.9. The van der Waals surface area contributed by atoms with Gasteiger partial charge in [-0.3, -0.25) is 4.98 Å². The van der Waals surface area contributed by atoms with Crippen molar-refractivity contribution in [1.29, 1.82) is 0 Å². The molecule has 5 rings (SSSR count). The van der Waals surface area contributed by atoms with Gasteiger partial charge in [0.05, 0.1) is 34.8 Å². The first-order valence-electron chi connectivity index (χ1n) is 11.1. The third-order valence-electron chi connectivity index (χ3n) is 6.34. The molecule has 2 aliphatic rings. The average molecular weight is 482 g/mol. The fourth-order valence-electron chi connectivity index (χ4n) is 4.43. The summed E-state index contributed by atoms with van der Waals surface area (Å²) in [5.41, 5.74) is 2.77. The number of pyridine rings is 1. The molecule has 0 aliphatic carbocycles. The van der Waals surface area contributed by atoms with Gasteiger partial charge in [-0.05, 0) is 49.2 Å². The van der Waals surface area contributed by atoms with Crippen LogP contribution in [0.1, 0.15) is 31.9 Å². The molecule has 0 saturated carbocycles. The van der Waals surface area contributed by atoms with Crippen LogP contribution in [0.4, 0.5) is 11.6 Å². The van der Waals surface area contributed by atoms with Crippen LogP contribution in [0, 0.1) is 0 Å². The van der Waals surface area contributed by atoms with Gasteiger partial charge in [-0.15, -0.1) is 0 Å². The van der Waals surface area contributed by atoms with Gasteiger partial charge in [0.2, 0.25) is 16.0 Å². The van der Waals surface area contributed by atoms with Crippen LogP contribution in [0.2, 0.25) is 0 Å². The van der Waals surface area contributed by atoms with Gasteiger partial charge < -0.3 is 14.7 Å². The summed E-state index contributed by atoms with van der Waals surface area (Å²) in [4.78, 5) is 15.7. The Morgan fingerprint density at radius 2 is 1.88 bits per heavy atom. The van der Waals surface area contributed by atoms with Crippen LogP contribution >= 0.6 is 0 Å². The Labute approximate surface area is 198 Å². The van der Waals surface area contributed by atoms with Crippen molar-refractivity contribution in [2.75, 3.05) is 31.2 Å². The predicted molar refractivity (Wildman–Crippen MR) is 127 cm³/mol. The summed E-state index contributed by atoms with van der Waals surface area (Å²) in [6, 6.07) is 8.81. The van der Waals surface area contributed by atoms with Crippen LogP contribution in [-0.4, -0.2) is 54.8 Å². The second kappa shape index (κ2) is 8.09.